The van der Waals surface area contributed by atoms with Gasteiger partial charge in [-0.2, -0.15) is 4.52 Å². The third-order valence-corrected chi connectivity index (χ3v) is 6.76. The Morgan fingerprint density at radius 1 is 1.00 bits per heavy atom. The minimum atomic E-state index is -0.198. The second kappa shape index (κ2) is 9.80. The van der Waals surface area contributed by atoms with Crippen molar-refractivity contribution in [2.45, 2.75) is 12.8 Å². The van der Waals surface area contributed by atoms with Gasteiger partial charge in [-0.3, -0.25) is 4.79 Å². The molecule has 0 unspecified atom stereocenters. The molecule has 2 aromatic heterocycles. The van der Waals surface area contributed by atoms with Crippen LogP contribution in [0.2, 0.25) is 0 Å². The number of aromatic nitrogens is 3. The molecule has 0 N–H and O–H groups in total. The Kier molecular flexibility index (Phi) is 6.85. The number of aryl methyl sites for hydroxylation is 2. The minimum absolute atomic E-state index is 0.198. The molecule has 0 aliphatic rings. The van der Waals surface area contributed by atoms with Crippen molar-refractivity contribution in [1.82, 2.24) is 14.6 Å². The summed E-state index contributed by atoms with van der Waals surface area (Å²) in [5.74, 6) is 3.05. The number of thiazole rings is 1. The lowest BCUT2D eigenvalue weighted by atomic mass is 10.1. The van der Waals surface area contributed by atoms with Crippen LogP contribution in [0.5, 0.6) is 23.0 Å². The first-order valence-electron chi connectivity index (χ1n) is 10.00. The quantitative estimate of drug-likeness (QED) is 0.345. The van der Waals surface area contributed by atoms with Crippen molar-refractivity contribution in [1.29, 1.82) is 0 Å². The van der Waals surface area contributed by atoms with E-state index in [1.165, 1.54) is 15.9 Å². The molecule has 0 aliphatic carbocycles. The number of hydrogen-bond acceptors (Lipinski definition) is 8. The largest absolute Gasteiger partial charge is 0.497 e. The van der Waals surface area contributed by atoms with E-state index in [1.807, 2.05) is 36.4 Å². The Morgan fingerprint density at radius 2 is 1.73 bits per heavy atom. The SMILES string of the molecule is COc1ccc(Br)c(/C=c2\sc3nc(CCc4cc(OC)c(OC)c(OC)c4)nn3c2=O)c1. The van der Waals surface area contributed by atoms with E-state index in [4.69, 9.17) is 18.9 Å². The van der Waals surface area contributed by atoms with Gasteiger partial charge in [0.1, 0.15) is 5.75 Å². The highest BCUT2D eigenvalue weighted by Crippen LogP contribution is 2.38. The van der Waals surface area contributed by atoms with Crippen molar-refractivity contribution in [3.8, 4) is 23.0 Å². The topological polar surface area (TPSA) is 84.2 Å². The lowest BCUT2D eigenvalue weighted by molar-refractivity contribution is 0.324. The molecule has 0 amide bonds. The number of methoxy groups -OCH3 is 4. The zero-order chi connectivity index (χ0) is 23.5. The maximum atomic E-state index is 12.9. The molecule has 0 radical (unpaired) electrons. The minimum Gasteiger partial charge on any atom is -0.497 e. The zero-order valence-corrected chi connectivity index (χ0v) is 20.9. The molecule has 172 valence electrons. The van der Waals surface area contributed by atoms with Crippen LogP contribution in [-0.2, 0) is 12.8 Å². The fourth-order valence-electron chi connectivity index (χ4n) is 3.42. The van der Waals surface area contributed by atoms with Crippen LogP contribution in [0.25, 0.3) is 11.0 Å². The van der Waals surface area contributed by atoms with Crippen LogP contribution < -0.4 is 29.0 Å². The van der Waals surface area contributed by atoms with Crippen LogP contribution >= 0.6 is 27.3 Å². The predicted molar refractivity (Wildman–Crippen MR) is 130 cm³/mol. The van der Waals surface area contributed by atoms with Crippen LogP contribution in [-0.4, -0.2) is 43.0 Å². The molecule has 4 rings (SSSR count). The van der Waals surface area contributed by atoms with E-state index in [9.17, 15) is 4.79 Å². The van der Waals surface area contributed by atoms with E-state index in [1.54, 1.807) is 28.4 Å². The number of fused-ring (bicyclic) bond motifs is 1. The smallest absolute Gasteiger partial charge is 0.291 e. The Morgan fingerprint density at radius 3 is 2.33 bits per heavy atom. The maximum Gasteiger partial charge on any atom is 0.291 e. The fourth-order valence-corrected chi connectivity index (χ4v) is 4.70. The normalized spacial score (nSPS) is 11.7. The summed E-state index contributed by atoms with van der Waals surface area (Å²) >= 11 is 4.82. The van der Waals surface area contributed by atoms with Crippen molar-refractivity contribution in [3.63, 3.8) is 0 Å². The van der Waals surface area contributed by atoms with E-state index in [0.29, 0.717) is 51.2 Å². The lowest BCUT2D eigenvalue weighted by Gasteiger charge is -2.13. The molecular formula is C23H22BrN3O5S. The van der Waals surface area contributed by atoms with E-state index in [0.717, 1.165) is 15.6 Å². The maximum absolute atomic E-state index is 12.9. The Hall–Kier alpha value is -3.11. The Balaban J connectivity index is 1.59. The molecule has 4 aromatic rings. The first kappa shape index (κ1) is 23.1. The highest BCUT2D eigenvalue weighted by atomic mass is 79.9. The van der Waals surface area contributed by atoms with Crippen LogP contribution in [0, 0.1) is 0 Å². The van der Waals surface area contributed by atoms with Gasteiger partial charge in [-0.05, 0) is 54.0 Å². The van der Waals surface area contributed by atoms with Crippen LogP contribution in [0.1, 0.15) is 17.0 Å². The van der Waals surface area contributed by atoms with E-state index in [-0.39, 0.29) is 5.56 Å². The van der Waals surface area contributed by atoms with Gasteiger partial charge in [-0.15, -0.1) is 5.10 Å². The predicted octanol–water partition coefficient (Wildman–Crippen LogP) is 3.28. The average Bonchev–Trinajstić information content (AvgIpc) is 3.36. The van der Waals surface area contributed by atoms with Crippen LogP contribution in [0.4, 0.5) is 0 Å². The number of nitrogens with zero attached hydrogens (tertiary/aromatic N) is 3. The molecule has 0 atom stereocenters. The van der Waals surface area contributed by atoms with Gasteiger partial charge in [-0.1, -0.05) is 27.3 Å². The zero-order valence-electron chi connectivity index (χ0n) is 18.5. The van der Waals surface area contributed by atoms with Gasteiger partial charge >= 0.3 is 0 Å². The second-order valence-electron chi connectivity index (χ2n) is 7.06. The van der Waals surface area contributed by atoms with Crippen molar-refractivity contribution in [3.05, 3.63) is 66.6 Å². The summed E-state index contributed by atoms with van der Waals surface area (Å²) in [7, 11) is 6.34. The van der Waals surface area contributed by atoms with Crippen molar-refractivity contribution < 1.29 is 18.9 Å². The van der Waals surface area contributed by atoms with Crippen molar-refractivity contribution in [2.75, 3.05) is 28.4 Å². The molecule has 0 fully saturated rings. The number of halogens is 1. The number of ether oxygens (including phenoxy) is 4. The van der Waals surface area contributed by atoms with Gasteiger partial charge in [0.05, 0.1) is 33.0 Å². The first-order chi connectivity index (χ1) is 16.0. The summed E-state index contributed by atoms with van der Waals surface area (Å²) in [6.45, 7) is 0. The molecule has 10 heteroatoms. The standard InChI is InChI=1S/C23H22BrN3O5S/c1-29-15-6-7-16(24)14(11-15)12-19-22(28)27-23(33-19)25-20(26-27)8-5-13-9-17(30-2)21(32-4)18(10-13)31-3/h6-7,9-12H,5,8H2,1-4H3/b19-12-. The summed E-state index contributed by atoms with van der Waals surface area (Å²) < 4.78 is 24.2. The molecule has 8 nitrogen and oxygen atoms in total. The highest BCUT2D eigenvalue weighted by Gasteiger charge is 2.15. The van der Waals surface area contributed by atoms with E-state index in [2.05, 4.69) is 26.0 Å². The van der Waals surface area contributed by atoms with Gasteiger partial charge in [0, 0.05) is 10.9 Å². The molecule has 0 aliphatic heterocycles. The molecular weight excluding hydrogens is 510 g/mol. The highest BCUT2D eigenvalue weighted by molar-refractivity contribution is 9.10. The number of rotatable bonds is 8. The molecule has 0 saturated carbocycles. The Labute approximate surface area is 202 Å². The summed E-state index contributed by atoms with van der Waals surface area (Å²) in [5, 5.41) is 4.42. The van der Waals surface area contributed by atoms with Gasteiger partial charge in [0.25, 0.3) is 5.56 Å². The molecule has 2 aromatic carbocycles. The molecule has 0 saturated heterocycles. The summed E-state index contributed by atoms with van der Waals surface area (Å²) in [4.78, 5) is 18.0. The first-order valence-corrected chi connectivity index (χ1v) is 11.6. The monoisotopic (exact) mass is 531 g/mol. The molecule has 0 spiro atoms. The fraction of sp³-hybridized carbons (Fsp3) is 0.261. The number of benzene rings is 2. The summed E-state index contributed by atoms with van der Waals surface area (Å²) in [6, 6.07) is 9.40. The van der Waals surface area contributed by atoms with Crippen molar-refractivity contribution in [2.24, 2.45) is 0 Å². The average molecular weight is 532 g/mol. The molecule has 2 heterocycles. The van der Waals surface area contributed by atoms with E-state index >= 15 is 0 Å². The summed E-state index contributed by atoms with van der Waals surface area (Å²) in [6.07, 6.45) is 3.02. The second-order valence-corrected chi connectivity index (χ2v) is 8.92. The van der Waals surface area contributed by atoms with Gasteiger partial charge in [0.15, 0.2) is 17.3 Å². The summed E-state index contributed by atoms with van der Waals surface area (Å²) in [5.41, 5.74) is 1.64. The number of hydrogen-bond donors (Lipinski definition) is 0. The van der Waals surface area contributed by atoms with Gasteiger partial charge < -0.3 is 18.9 Å². The van der Waals surface area contributed by atoms with Crippen molar-refractivity contribution >= 4 is 38.3 Å². The third-order valence-electron chi connectivity index (χ3n) is 5.08. The molecule has 0 bridgehead atoms. The Bertz CT molecular complexity index is 1390. The van der Waals surface area contributed by atoms with E-state index < -0.39 is 0 Å². The molecule has 33 heavy (non-hydrogen) atoms. The van der Waals surface area contributed by atoms with Crippen LogP contribution in [0.3, 0.4) is 0 Å². The van der Waals surface area contributed by atoms with Gasteiger partial charge in [0.2, 0.25) is 10.7 Å². The lowest BCUT2D eigenvalue weighted by Crippen LogP contribution is -2.23. The third kappa shape index (κ3) is 4.67. The van der Waals surface area contributed by atoms with Gasteiger partial charge in [-0.25, -0.2) is 4.98 Å². The van der Waals surface area contributed by atoms with Crippen LogP contribution in [0.15, 0.2) is 39.6 Å².